The van der Waals surface area contributed by atoms with Crippen molar-refractivity contribution in [2.45, 2.75) is 394 Å². The van der Waals surface area contributed by atoms with Gasteiger partial charge in [-0.15, -0.1) is 0 Å². The van der Waals surface area contributed by atoms with Crippen molar-refractivity contribution in [3.05, 3.63) is 60.8 Å². The van der Waals surface area contributed by atoms with Crippen LogP contribution in [-0.2, 0) is 33.2 Å². The van der Waals surface area contributed by atoms with Gasteiger partial charge in [0, 0.05) is 6.42 Å². The van der Waals surface area contributed by atoms with Crippen LogP contribution in [0.2, 0.25) is 0 Å². The molecular formula is C77H139NO18. The lowest BCUT2D eigenvalue weighted by Gasteiger charge is -2.48. The first-order valence-corrected chi connectivity index (χ1v) is 38.5. The molecule has 0 radical (unpaired) electrons. The van der Waals surface area contributed by atoms with Crippen LogP contribution >= 0.6 is 0 Å². The minimum absolute atomic E-state index is 0.239. The average molecular weight is 1370 g/mol. The molecule has 96 heavy (non-hydrogen) atoms. The Morgan fingerprint density at radius 2 is 0.719 bits per heavy atom. The van der Waals surface area contributed by atoms with Gasteiger partial charge in [-0.1, -0.05) is 286 Å². The Kier molecular flexibility index (Phi) is 53.0. The third-order valence-electron chi connectivity index (χ3n) is 19.1. The maximum absolute atomic E-state index is 13.5. The van der Waals surface area contributed by atoms with E-state index < -0.39 is 124 Å². The maximum atomic E-state index is 13.5. The van der Waals surface area contributed by atoms with Gasteiger partial charge in [-0.05, 0) is 57.8 Å². The highest BCUT2D eigenvalue weighted by Crippen LogP contribution is 2.33. The molecular weight excluding hydrogens is 1230 g/mol. The van der Waals surface area contributed by atoms with Crippen molar-refractivity contribution in [3.8, 4) is 0 Å². The fraction of sp³-hybridized carbons (Fsp3) is 0.857. The molecule has 560 valence electrons. The number of hydrogen-bond donors (Lipinski definition) is 12. The zero-order valence-electron chi connectivity index (χ0n) is 59.6. The number of ether oxygens (including phenoxy) is 6. The molecule has 3 rings (SSSR count). The lowest BCUT2D eigenvalue weighted by Crippen LogP contribution is -2.66. The van der Waals surface area contributed by atoms with E-state index in [-0.39, 0.29) is 18.9 Å². The third-order valence-corrected chi connectivity index (χ3v) is 19.1. The minimum Gasteiger partial charge on any atom is -0.394 e. The van der Waals surface area contributed by atoms with Crippen LogP contribution in [0.25, 0.3) is 0 Å². The van der Waals surface area contributed by atoms with E-state index in [1.54, 1.807) is 6.08 Å². The molecule has 0 spiro atoms. The van der Waals surface area contributed by atoms with Gasteiger partial charge in [0.25, 0.3) is 0 Å². The first kappa shape index (κ1) is 87.7. The molecule has 3 aliphatic rings. The smallest absolute Gasteiger partial charge is 0.220 e. The molecule has 17 atom stereocenters. The Labute approximate surface area is 579 Å². The highest BCUT2D eigenvalue weighted by atomic mass is 16.8. The molecule has 3 aliphatic heterocycles. The van der Waals surface area contributed by atoms with E-state index in [4.69, 9.17) is 28.4 Å². The standard InChI is InChI=1S/C77H139NO18/c1-3-5-7-9-11-13-15-17-19-21-23-25-27-29-31-32-34-36-38-40-42-44-46-48-50-52-54-61(82)60(78-65(83)55-53-51-49-47-45-43-41-39-37-35-33-30-28-26-24-22-20-18-16-14-12-10-8-6-4-2)59-91-75-71(89)68(86)73(63(57-80)93-75)96-77-72(90)69(87)74(64(58-81)94-77)95-76-70(88)67(85)66(84)62(56-79)92-76/h6,8,12,14,18,20,24,26,52,54,60-64,66-77,79-82,84-90H,3-5,7,9-11,13,15-17,19,21-23,25,27-51,53,55-59H2,1-2H3,(H,78,83)/b8-6-,14-12-,20-18-,26-24-,54-52+. The van der Waals surface area contributed by atoms with Crippen molar-refractivity contribution in [1.29, 1.82) is 0 Å². The Bertz CT molecular complexity index is 1970. The number of allylic oxidation sites excluding steroid dienone is 9. The molecule has 3 fully saturated rings. The Morgan fingerprint density at radius 3 is 1.12 bits per heavy atom. The summed E-state index contributed by atoms with van der Waals surface area (Å²) in [6.45, 7) is 1.65. The predicted molar refractivity (Wildman–Crippen MR) is 379 cm³/mol. The van der Waals surface area contributed by atoms with Gasteiger partial charge in [0.2, 0.25) is 5.91 Å². The zero-order valence-corrected chi connectivity index (χ0v) is 59.6. The Morgan fingerprint density at radius 1 is 0.385 bits per heavy atom. The predicted octanol–water partition coefficient (Wildman–Crippen LogP) is 11.9. The van der Waals surface area contributed by atoms with Gasteiger partial charge in [-0.3, -0.25) is 4.79 Å². The minimum atomic E-state index is -1.98. The molecule has 19 heteroatoms. The van der Waals surface area contributed by atoms with Crippen molar-refractivity contribution in [2.24, 2.45) is 0 Å². The zero-order chi connectivity index (χ0) is 69.6. The van der Waals surface area contributed by atoms with E-state index in [0.717, 1.165) is 77.0 Å². The summed E-state index contributed by atoms with van der Waals surface area (Å²) in [6, 6.07) is -0.978. The second-order valence-electron chi connectivity index (χ2n) is 27.4. The van der Waals surface area contributed by atoms with Crippen LogP contribution in [0.3, 0.4) is 0 Å². The molecule has 3 heterocycles. The number of hydrogen-bond acceptors (Lipinski definition) is 18. The number of amides is 1. The van der Waals surface area contributed by atoms with Crippen LogP contribution in [0.15, 0.2) is 60.8 Å². The van der Waals surface area contributed by atoms with E-state index in [2.05, 4.69) is 67.8 Å². The summed E-state index contributed by atoms with van der Waals surface area (Å²) in [5.74, 6) is -0.276. The lowest BCUT2D eigenvalue weighted by atomic mass is 9.96. The molecule has 0 aromatic carbocycles. The molecule has 0 bridgehead atoms. The number of aliphatic hydroxyl groups is 11. The maximum Gasteiger partial charge on any atom is 0.220 e. The van der Waals surface area contributed by atoms with Gasteiger partial charge in [0.1, 0.15) is 73.2 Å². The summed E-state index contributed by atoms with van der Waals surface area (Å²) in [4.78, 5) is 13.5. The first-order valence-electron chi connectivity index (χ1n) is 38.5. The van der Waals surface area contributed by atoms with Gasteiger partial charge in [-0.2, -0.15) is 0 Å². The third kappa shape index (κ3) is 38.5. The SMILES string of the molecule is CC/C=C\C/C=C\C/C=C\C/C=C\CCCCCCCCCCCCCCC(=O)NC(COC1OC(CO)C(OC2OC(CO)C(OC3OC(CO)C(O)C(O)C3O)C(O)C2O)C(O)C1O)C(O)/C=C/CCCCCCCCCCCCCCCCCCCCCCCCCC. The Hall–Kier alpha value is -2.51. The number of rotatable bonds is 60. The monoisotopic (exact) mass is 1370 g/mol. The largest absolute Gasteiger partial charge is 0.394 e. The normalized spacial score (nSPS) is 27.4. The van der Waals surface area contributed by atoms with E-state index in [0.29, 0.717) is 6.42 Å². The highest BCUT2D eigenvalue weighted by Gasteiger charge is 2.53. The summed E-state index contributed by atoms with van der Waals surface area (Å²) in [6.07, 6.45) is 46.2. The van der Waals surface area contributed by atoms with Gasteiger partial charge in [0.05, 0.1) is 38.6 Å². The molecule has 0 aromatic heterocycles. The van der Waals surface area contributed by atoms with Crippen LogP contribution in [0.5, 0.6) is 0 Å². The average Bonchev–Trinajstić information content (AvgIpc) is 0.788. The van der Waals surface area contributed by atoms with Crippen molar-refractivity contribution in [1.82, 2.24) is 5.32 Å². The summed E-state index contributed by atoms with van der Waals surface area (Å²) < 4.78 is 34.4. The van der Waals surface area contributed by atoms with Crippen LogP contribution in [-0.4, -0.2) is 193 Å². The second-order valence-corrected chi connectivity index (χ2v) is 27.4. The van der Waals surface area contributed by atoms with Crippen molar-refractivity contribution >= 4 is 5.91 Å². The first-order chi connectivity index (χ1) is 46.8. The summed E-state index contributed by atoms with van der Waals surface area (Å²) >= 11 is 0. The van der Waals surface area contributed by atoms with Gasteiger partial charge < -0.3 is 89.9 Å². The fourth-order valence-electron chi connectivity index (χ4n) is 12.9. The molecule has 3 saturated heterocycles. The van der Waals surface area contributed by atoms with Crippen LogP contribution < -0.4 is 5.32 Å². The molecule has 19 nitrogen and oxygen atoms in total. The van der Waals surface area contributed by atoms with E-state index in [1.807, 2.05) is 6.08 Å². The van der Waals surface area contributed by atoms with Crippen molar-refractivity contribution in [2.75, 3.05) is 26.4 Å². The van der Waals surface area contributed by atoms with Crippen LogP contribution in [0.1, 0.15) is 290 Å². The van der Waals surface area contributed by atoms with Crippen molar-refractivity contribution in [3.63, 3.8) is 0 Å². The van der Waals surface area contributed by atoms with E-state index >= 15 is 0 Å². The topological polar surface area (TPSA) is 307 Å². The van der Waals surface area contributed by atoms with Crippen molar-refractivity contribution < 1.29 is 89.4 Å². The summed E-state index contributed by atoms with van der Waals surface area (Å²) in [7, 11) is 0. The molecule has 12 N–H and O–H groups in total. The molecule has 0 aromatic rings. The number of carbonyl (C=O) groups excluding carboxylic acids is 1. The highest BCUT2D eigenvalue weighted by molar-refractivity contribution is 5.76. The van der Waals surface area contributed by atoms with Gasteiger partial charge in [0.15, 0.2) is 18.9 Å². The van der Waals surface area contributed by atoms with Crippen LogP contribution in [0, 0.1) is 0 Å². The summed E-state index contributed by atoms with van der Waals surface area (Å²) in [5, 5.41) is 121. The fourth-order valence-corrected chi connectivity index (χ4v) is 12.9. The quantitative estimate of drug-likeness (QED) is 0.0199. The second kappa shape index (κ2) is 58.0. The van der Waals surface area contributed by atoms with E-state index in [1.165, 1.54) is 186 Å². The molecule has 0 aliphatic carbocycles. The summed E-state index contributed by atoms with van der Waals surface area (Å²) in [5.41, 5.74) is 0. The number of aliphatic hydroxyl groups excluding tert-OH is 11. The van der Waals surface area contributed by atoms with Gasteiger partial charge in [-0.25, -0.2) is 0 Å². The van der Waals surface area contributed by atoms with Crippen LogP contribution in [0.4, 0.5) is 0 Å². The number of carbonyl (C=O) groups is 1. The Balaban J connectivity index is 1.40. The number of nitrogens with one attached hydrogen (secondary N) is 1. The van der Waals surface area contributed by atoms with E-state index in [9.17, 15) is 61.0 Å². The lowest BCUT2D eigenvalue weighted by molar-refractivity contribution is -0.379. The number of unbranched alkanes of at least 4 members (excludes halogenated alkanes) is 36. The molecule has 1 amide bonds. The molecule has 0 saturated carbocycles. The molecule has 17 unspecified atom stereocenters. The van der Waals surface area contributed by atoms with Gasteiger partial charge >= 0.3 is 0 Å².